The van der Waals surface area contributed by atoms with Gasteiger partial charge < -0.3 is 43.5 Å². The van der Waals surface area contributed by atoms with Crippen molar-refractivity contribution in [3.05, 3.63) is 12.2 Å². The van der Waals surface area contributed by atoms with E-state index in [2.05, 4.69) is 20.8 Å². The van der Waals surface area contributed by atoms with E-state index < -0.39 is 58.9 Å². The topological polar surface area (TPSA) is 150 Å². The number of esters is 1. The maximum Gasteiger partial charge on any atom is 0.303 e. The maximum absolute atomic E-state index is 14.6. The predicted molar refractivity (Wildman–Crippen MR) is 219 cm³/mol. The molecule has 0 aliphatic carbocycles. The molecule has 58 heavy (non-hydrogen) atoms. The number of ether oxygens (including phenoxy) is 6. The number of hydrogen-bond acceptors (Lipinski definition) is 11. The summed E-state index contributed by atoms with van der Waals surface area (Å²) >= 11 is 0. The summed E-state index contributed by atoms with van der Waals surface area (Å²) in [6.07, 6.45) is 6.41. The second-order valence-corrected chi connectivity index (χ2v) is 19.4. The minimum absolute atomic E-state index is 0.00214. The van der Waals surface area contributed by atoms with Crippen LogP contribution in [0.4, 0.5) is 0 Å². The number of aliphatic hydroxyl groups excluding tert-OH is 1. The van der Waals surface area contributed by atoms with Crippen LogP contribution in [0, 0.1) is 41.4 Å². The van der Waals surface area contributed by atoms with E-state index in [9.17, 15) is 24.6 Å². The highest BCUT2D eigenvalue weighted by atomic mass is 16.8. The molecule has 5 aliphatic heterocycles. The van der Waals surface area contributed by atoms with Crippen LogP contribution in [0.15, 0.2) is 12.2 Å². The lowest BCUT2D eigenvalue weighted by atomic mass is 9.72. The highest BCUT2D eigenvalue weighted by molar-refractivity contribution is 5.84. The van der Waals surface area contributed by atoms with E-state index in [1.165, 1.54) is 6.92 Å². The van der Waals surface area contributed by atoms with Crippen molar-refractivity contribution in [2.45, 2.75) is 206 Å². The number of rotatable bonds is 13. The zero-order chi connectivity index (χ0) is 43.1. The average molecular weight is 820 g/mol. The van der Waals surface area contributed by atoms with Crippen molar-refractivity contribution in [1.29, 1.82) is 0 Å². The molecule has 332 valence electrons. The first-order valence-electron chi connectivity index (χ1n) is 22.5. The molecule has 0 saturated carbocycles. The fourth-order valence-corrected chi connectivity index (χ4v) is 11.1. The van der Waals surface area contributed by atoms with Crippen molar-refractivity contribution in [1.82, 2.24) is 4.90 Å². The summed E-state index contributed by atoms with van der Waals surface area (Å²) in [5.41, 5.74) is -1.69. The Hall–Kier alpha value is -1.93. The largest absolute Gasteiger partial charge is 0.453 e. The van der Waals surface area contributed by atoms with E-state index in [1.54, 1.807) is 19.0 Å². The minimum atomic E-state index is -1.37. The van der Waals surface area contributed by atoms with E-state index in [0.29, 0.717) is 51.4 Å². The van der Waals surface area contributed by atoms with Crippen LogP contribution >= 0.6 is 0 Å². The average Bonchev–Trinajstić information content (AvgIpc) is 3.52. The SMILES string of the molecule is CCC(C(=O)N(C)C)C1CCC(C)C(C(C)C(O)C(C)C(=O)C(CC)C2OC3(C=CC(OC(C)=O)C4(CCC(C)(C5CCC(O)(CC)C(C)O5)O4)O3)C(C)CC2C)O1. The van der Waals surface area contributed by atoms with Gasteiger partial charge in [-0.05, 0) is 95.6 Å². The first-order valence-corrected chi connectivity index (χ1v) is 22.5. The van der Waals surface area contributed by atoms with Gasteiger partial charge in [0.2, 0.25) is 11.7 Å². The Kier molecular flexibility index (Phi) is 14.8. The molecule has 0 radical (unpaired) electrons. The van der Waals surface area contributed by atoms with Crippen LogP contribution in [0.1, 0.15) is 140 Å². The molecule has 0 bridgehead atoms. The van der Waals surface area contributed by atoms with Gasteiger partial charge in [0.1, 0.15) is 5.78 Å². The monoisotopic (exact) mass is 820 g/mol. The third-order valence-corrected chi connectivity index (χ3v) is 15.2. The maximum atomic E-state index is 14.6. The third-order valence-electron chi connectivity index (χ3n) is 15.2. The summed E-state index contributed by atoms with van der Waals surface area (Å²) in [4.78, 5) is 41.8. The second kappa shape index (κ2) is 18.2. The van der Waals surface area contributed by atoms with Gasteiger partial charge in [-0.3, -0.25) is 14.4 Å². The van der Waals surface area contributed by atoms with Crippen molar-refractivity contribution in [3.63, 3.8) is 0 Å². The molecular formula is C46H77NO11. The number of nitrogens with zero attached hydrogens (tertiary/aromatic N) is 1. The van der Waals surface area contributed by atoms with E-state index in [4.69, 9.17) is 28.4 Å². The predicted octanol–water partition coefficient (Wildman–Crippen LogP) is 6.76. The molecule has 0 aromatic rings. The lowest BCUT2D eigenvalue weighted by Crippen LogP contribution is -2.63. The van der Waals surface area contributed by atoms with Gasteiger partial charge in [-0.15, -0.1) is 0 Å². The summed E-state index contributed by atoms with van der Waals surface area (Å²) < 4.78 is 40.2. The summed E-state index contributed by atoms with van der Waals surface area (Å²) in [5, 5.41) is 23.0. The van der Waals surface area contributed by atoms with Gasteiger partial charge in [0.15, 0.2) is 11.9 Å². The van der Waals surface area contributed by atoms with E-state index in [1.807, 2.05) is 60.6 Å². The van der Waals surface area contributed by atoms with Crippen molar-refractivity contribution < 1.29 is 53.0 Å². The molecule has 5 heterocycles. The number of amides is 1. The fraction of sp³-hybridized carbons (Fsp3) is 0.891. The number of ketones is 1. The van der Waals surface area contributed by atoms with Gasteiger partial charge in [-0.25, -0.2) is 0 Å². The molecule has 4 saturated heterocycles. The zero-order valence-electron chi connectivity index (χ0n) is 37.8. The second-order valence-electron chi connectivity index (χ2n) is 19.4. The Bertz CT molecular complexity index is 1490. The first kappa shape index (κ1) is 47.1. The van der Waals surface area contributed by atoms with Gasteiger partial charge in [0.25, 0.3) is 0 Å². The molecule has 0 aromatic carbocycles. The van der Waals surface area contributed by atoms with Crippen molar-refractivity contribution in [3.8, 4) is 0 Å². The van der Waals surface area contributed by atoms with Gasteiger partial charge in [0.05, 0.1) is 53.7 Å². The number of Topliss-reactive ketones (excluding diaryl/α,β-unsaturated/α-hetero) is 1. The highest BCUT2D eigenvalue weighted by Gasteiger charge is 2.64. The molecule has 2 N–H and O–H groups in total. The van der Waals surface area contributed by atoms with Gasteiger partial charge in [-0.1, -0.05) is 55.4 Å². The van der Waals surface area contributed by atoms with Crippen LogP contribution in [0.2, 0.25) is 0 Å². The molecule has 5 aliphatic rings. The number of hydrogen-bond donors (Lipinski definition) is 2. The van der Waals surface area contributed by atoms with Crippen LogP contribution in [0.3, 0.4) is 0 Å². The zero-order valence-corrected chi connectivity index (χ0v) is 37.8. The van der Waals surface area contributed by atoms with Crippen molar-refractivity contribution in [2.24, 2.45) is 41.4 Å². The van der Waals surface area contributed by atoms with Crippen LogP contribution in [0.25, 0.3) is 0 Å². The summed E-state index contributed by atoms with van der Waals surface area (Å²) in [5.74, 6) is -4.92. The van der Waals surface area contributed by atoms with Crippen LogP contribution in [-0.2, 0) is 42.8 Å². The Morgan fingerprint density at radius 2 is 1.57 bits per heavy atom. The summed E-state index contributed by atoms with van der Waals surface area (Å²) in [7, 11) is 3.54. The normalized spacial score (nSPS) is 43.1. The Balaban J connectivity index is 1.35. The molecule has 18 atom stereocenters. The highest BCUT2D eigenvalue weighted by Crippen LogP contribution is 2.54. The molecule has 4 fully saturated rings. The third kappa shape index (κ3) is 9.00. The van der Waals surface area contributed by atoms with Gasteiger partial charge >= 0.3 is 5.97 Å². The molecule has 12 heteroatoms. The summed E-state index contributed by atoms with van der Waals surface area (Å²) in [6, 6.07) is 0. The quantitative estimate of drug-likeness (QED) is 0.150. The standard InChI is InChI=1S/C46H77NO11/c1-14-33(42(51)47(12)13)35-18-17-26(4)40(55-35)30(8)38(49)29(7)39(50)34(15-2)41-27(5)25-28(6)45(56-41)22-20-37(54-32(10)48)46(58-45)24-23-43(11,57-46)36-19-21-44(52,16-3)31(9)53-36/h20,22,26-31,33-38,40-41,49,52H,14-19,21,23-25H2,1-13H3. The number of aliphatic hydroxyl groups is 2. The minimum Gasteiger partial charge on any atom is -0.453 e. The lowest BCUT2D eigenvalue weighted by Gasteiger charge is -2.54. The Morgan fingerprint density at radius 1 is 0.897 bits per heavy atom. The number of carbonyl (C=O) groups is 3. The first-order chi connectivity index (χ1) is 27.1. The van der Waals surface area contributed by atoms with Gasteiger partial charge in [0, 0.05) is 51.1 Å². The lowest BCUT2D eigenvalue weighted by molar-refractivity contribution is -0.409. The molecule has 5 rings (SSSR count). The summed E-state index contributed by atoms with van der Waals surface area (Å²) in [6.45, 7) is 21.3. The van der Waals surface area contributed by atoms with E-state index in [-0.39, 0.29) is 65.7 Å². The molecule has 12 nitrogen and oxygen atoms in total. The van der Waals surface area contributed by atoms with E-state index >= 15 is 0 Å². The van der Waals surface area contributed by atoms with Crippen LogP contribution < -0.4 is 0 Å². The van der Waals surface area contributed by atoms with Crippen molar-refractivity contribution in [2.75, 3.05) is 14.1 Å². The smallest absolute Gasteiger partial charge is 0.303 e. The van der Waals surface area contributed by atoms with Crippen LogP contribution in [-0.4, -0.2) is 112 Å². The van der Waals surface area contributed by atoms with Crippen molar-refractivity contribution >= 4 is 17.7 Å². The molecule has 0 aromatic heterocycles. The molecule has 2 spiro atoms. The van der Waals surface area contributed by atoms with Gasteiger partial charge in [-0.2, -0.15) is 0 Å². The fourth-order valence-electron chi connectivity index (χ4n) is 11.1. The van der Waals surface area contributed by atoms with E-state index in [0.717, 1.165) is 12.8 Å². The number of carbonyl (C=O) groups excluding carboxylic acids is 3. The molecule has 1 amide bonds. The van der Waals surface area contributed by atoms with Crippen LogP contribution in [0.5, 0.6) is 0 Å². The Labute approximate surface area is 348 Å². The molecular weight excluding hydrogens is 743 g/mol. The Morgan fingerprint density at radius 3 is 2.16 bits per heavy atom. The molecule has 18 unspecified atom stereocenters.